The van der Waals surface area contributed by atoms with Gasteiger partial charge in [-0.3, -0.25) is 9.48 Å². The van der Waals surface area contributed by atoms with Crippen molar-refractivity contribution in [2.75, 3.05) is 13.7 Å². The van der Waals surface area contributed by atoms with Crippen LogP contribution in [0.15, 0.2) is 60.8 Å². The summed E-state index contributed by atoms with van der Waals surface area (Å²) >= 11 is 0. The van der Waals surface area contributed by atoms with Crippen molar-refractivity contribution < 1.29 is 22.7 Å². The normalized spacial score (nSPS) is 11.5. The minimum Gasteiger partial charge on any atom is -0.497 e. The SMILES string of the molecule is COc1cccc(CCNC(=O)c2cc(-c3ccc(C(F)(F)F)cc3)nc3c2cnn3C)c1. The monoisotopic (exact) mass is 454 g/mol. The van der Waals surface area contributed by atoms with Gasteiger partial charge >= 0.3 is 6.18 Å². The molecule has 9 heteroatoms. The lowest BCUT2D eigenvalue weighted by atomic mass is 10.0. The molecule has 2 aromatic carbocycles. The summed E-state index contributed by atoms with van der Waals surface area (Å²) in [5.41, 5.74) is 1.94. The molecule has 0 unspecified atom stereocenters. The van der Waals surface area contributed by atoms with Crippen molar-refractivity contribution in [2.24, 2.45) is 7.05 Å². The molecule has 0 aliphatic rings. The Kier molecular flexibility index (Phi) is 6.04. The van der Waals surface area contributed by atoms with E-state index in [-0.39, 0.29) is 5.91 Å². The van der Waals surface area contributed by atoms with E-state index in [0.717, 1.165) is 23.4 Å². The summed E-state index contributed by atoms with van der Waals surface area (Å²) in [6, 6.07) is 13.8. The minimum atomic E-state index is -4.42. The molecule has 2 aromatic heterocycles. The molecule has 1 amide bonds. The van der Waals surface area contributed by atoms with Gasteiger partial charge in [0.25, 0.3) is 5.91 Å². The highest BCUT2D eigenvalue weighted by Gasteiger charge is 2.30. The highest BCUT2D eigenvalue weighted by atomic mass is 19.4. The maximum absolute atomic E-state index is 13.0. The van der Waals surface area contributed by atoms with Crippen molar-refractivity contribution in [3.8, 4) is 17.0 Å². The predicted octanol–water partition coefficient (Wildman–Crippen LogP) is 4.64. The molecule has 0 radical (unpaired) electrons. The van der Waals surface area contributed by atoms with E-state index in [0.29, 0.717) is 40.8 Å². The first kappa shape index (κ1) is 22.3. The number of rotatable bonds is 6. The minimum absolute atomic E-state index is 0.313. The topological polar surface area (TPSA) is 69.0 Å². The molecule has 0 aliphatic heterocycles. The van der Waals surface area contributed by atoms with Gasteiger partial charge in [-0.1, -0.05) is 24.3 Å². The number of fused-ring (bicyclic) bond motifs is 1. The molecule has 4 rings (SSSR count). The molecule has 0 bridgehead atoms. The Morgan fingerprint density at radius 3 is 2.58 bits per heavy atom. The number of carbonyl (C=O) groups excluding carboxylic acids is 1. The molecular weight excluding hydrogens is 433 g/mol. The number of amides is 1. The number of nitrogens with one attached hydrogen (secondary N) is 1. The van der Waals surface area contributed by atoms with Crippen LogP contribution in [0.1, 0.15) is 21.5 Å². The molecule has 1 N–H and O–H groups in total. The van der Waals surface area contributed by atoms with Gasteiger partial charge in [0.1, 0.15) is 5.75 Å². The molecular formula is C24H21F3N4O2. The third-order valence-electron chi connectivity index (χ3n) is 5.29. The van der Waals surface area contributed by atoms with Crippen molar-refractivity contribution in [2.45, 2.75) is 12.6 Å². The van der Waals surface area contributed by atoms with Gasteiger partial charge < -0.3 is 10.1 Å². The van der Waals surface area contributed by atoms with E-state index in [1.165, 1.54) is 16.8 Å². The zero-order valence-electron chi connectivity index (χ0n) is 18.0. The fourth-order valence-electron chi connectivity index (χ4n) is 3.52. The maximum atomic E-state index is 13.0. The number of carbonyl (C=O) groups is 1. The number of nitrogens with zero attached hydrogens (tertiary/aromatic N) is 3. The smallest absolute Gasteiger partial charge is 0.416 e. The molecule has 4 aromatic rings. The van der Waals surface area contributed by atoms with Gasteiger partial charge in [0, 0.05) is 19.2 Å². The molecule has 0 saturated carbocycles. The van der Waals surface area contributed by atoms with Crippen LogP contribution in [-0.2, 0) is 19.6 Å². The number of benzene rings is 2. The third kappa shape index (κ3) is 4.82. The summed E-state index contributed by atoms with van der Waals surface area (Å²) in [4.78, 5) is 17.5. The largest absolute Gasteiger partial charge is 0.497 e. The van der Waals surface area contributed by atoms with Gasteiger partial charge in [-0.25, -0.2) is 4.98 Å². The number of methoxy groups -OCH3 is 1. The lowest BCUT2D eigenvalue weighted by Gasteiger charge is -2.11. The maximum Gasteiger partial charge on any atom is 0.416 e. The van der Waals surface area contributed by atoms with Crippen LogP contribution in [-0.4, -0.2) is 34.3 Å². The summed E-state index contributed by atoms with van der Waals surface area (Å²) < 4.78 is 45.5. The second-order valence-corrected chi connectivity index (χ2v) is 7.49. The fraction of sp³-hybridized carbons (Fsp3) is 0.208. The lowest BCUT2D eigenvalue weighted by Crippen LogP contribution is -2.26. The number of halogens is 3. The van der Waals surface area contributed by atoms with E-state index in [4.69, 9.17) is 4.74 Å². The zero-order valence-corrected chi connectivity index (χ0v) is 18.0. The van der Waals surface area contributed by atoms with E-state index in [9.17, 15) is 18.0 Å². The molecule has 0 aliphatic carbocycles. The van der Waals surface area contributed by atoms with Gasteiger partial charge in [0.2, 0.25) is 0 Å². The van der Waals surface area contributed by atoms with Crippen LogP contribution < -0.4 is 10.1 Å². The highest BCUT2D eigenvalue weighted by Crippen LogP contribution is 2.31. The zero-order chi connectivity index (χ0) is 23.6. The second kappa shape index (κ2) is 8.93. The number of aromatic nitrogens is 3. The summed E-state index contributed by atoms with van der Waals surface area (Å²) in [5.74, 6) is 0.428. The van der Waals surface area contributed by atoms with Crippen molar-refractivity contribution in [3.63, 3.8) is 0 Å². The van der Waals surface area contributed by atoms with Crippen LogP contribution in [0, 0.1) is 0 Å². The molecule has 0 spiro atoms. The van der Waals surface area contributed by atoms with Gasteiger partial charge in [-0.2, -0.15) is 18.3 Å². The van der Waals surface area contributed by atoms with Crippen LogP contribution in [0.4, 0.5) is 13.2 Å². The molecule has 6 nitrogen and oxygen atoms in total. The molecule has 0 fully saturated rings. The molecule has 0 atom stereocenters. The third-order valence-corrected chi connectivity index (χ3v) is 5.29. The quantitative estimate of drug-likeness (QED) is 0.461. The number of hydrogen-bond acceptors (Lipinski definition) is 4. The average molecular weight is 454 g/mol. The van der Waals surface area contributed by atoms with E-state index in [1.54, 1.807) is 26.4 Å². The van der Waals surface area contributed by atoms with Gasteiger partial charge in [-0.15, -0.1) is 0 Å². The van der Waals surface area contributed by atoms with Crippen LogP contribution in [0.5, 0.6) is 5.75 Å². The average Bonchev–Trinajstić information content (AvgIpc) is 3.18. The van der Waals surface area contributed by atoms with Crippen molar-refractivity contribution >= 4 is 16.9 Å². The molecule has 33 heavy (non-hydrogen) atoms. The van der Waals surface area contributed by atoms with Crippen LogP contribution in [0.2, 0.25) is 0 Å². The Balaban J connectivity index is 1.59. The Bertz CT molecular complexity index is 1300. The highest BCUT2D eigenvalue weighted by molar-refractivity contribution is 6.06. The van der Waals surface area contributed by atoms with E-state index in [1.807, 2.05) is 24.3 Å². The van der Waals surface area contributed by atoms with Crippen molar-refractivity contribution in [1.29, 1.82) is 0 Å². The summed E-state index contributed by atoms with van der Waals surface area (Å²) in [7, 11) is 3.29. The van der Waals surface area contributed by atoms with Gasteiger partial charge in [0.05, 0.1) is 35.5 Å². The predicted molar refractivity (Wildman–Crippen MR) is 118 cm³/mol. The molecule has 2 heterocycles. The molecule has 170 valence electrons. The Morgan fingerprint density at radius 1 is 1.12 bits per heavy atom. The Labute approximate surface area is 188 Å². The van der Waals surface area contributed by atoms with Crippen molar-refractivity contribution in [3.05, 3.63) is 77.5 Å². The van der Waals surface area contributed by atoms with Gasteiger partial charge in [-0.05, 0) is 42.3 Å². The summed E-state index contributed by atoms with van der Waals surface area (Å²) in [6.07, 6.45) is -2.27. The summed E-state index contributed by atoms with van der Waals surface area (Å²) in [6.45, 7) is 0.395. The van der Waals surface area contributed by atoms with E-state index < -0.39 is 11.7 Å². The Morgan fingerprint density at radius 2 is 1.88 bits per heavy atom. The van der Waals surface area contributed by atoms with E-state index >= 15 is 0 Å². The van der Waals surface area contributed by atoms with Crippen LogP contribution in [0.25, 0.3) is 22.3 Å². The number of alkyl halides is 3. The molecule has 0 saturated heterocycles. The number of aryl methyl sites for hydroxylation is 1. The first-order valence-electron chi connectivity index (χ1n) is 10.2. The van der Waals surface area contributed by atoms with E-state index in [2.05, 4.69) is 15.4 Å². The van der Waals surface area contributed by atoms with Gasteiger partial charge in [0.15, 0.2) is 5.65 Å². The lowest BCUT2D eigenvalue weighted by molar-refractivity contribution is -0.137. The van der Waals surface area contributed by atoms with Crippen LogP contribution >= 0.6 is 0 Å². The van der Waals surface area contributed by atoms with Crippen molar-refractivity contribution in [1.82, 2.24) is 20.1 Å². The first-order valence-corrected chi connectivity index (χ1v) is 10.2. The number of hydrogen-bond donors (Lipinski definition) is 1. The number of ether oxygens (including phenoxy) is 1. The first-order chi connectivity index (χ1) is 15.8. The Hall–Kier alpha value is -3.88. The second-order valence-electron chi connectivity index (χ2n) is 7.49. The standard InChI is InChI=1S/C24H21F3N4O2/c1-31-22-20(14-29-31)19(23(32)28-11-10-15-4-3-5-18(12-15)33-2)13-21(30-22)16-6-8-17(9-7-16)24(25,26)27/h3-9,12-14H,10-11H2,1-2H3,(H,28,32). The fourth-order valence-corrected chi connectivity index (χ4v) is 3.52. The van der Waals surface area contributed by atoms with Crippen LogP contribution in [0.3, 0.4) is 0 Å². The number of pyridine rings is 1. The summed E-state index contributed by atoms with van der Waals surface area (Å²) in [5, 5.41) is 7.64.